The van der Waals surface area contributed by atoms with Gasteiger partial charge in [0, 0.05) is 70.7 Å². The summed E-state index contributed by atoms with van der Waals surface area (Å²) in [4.78, 5) is 22.3. The van der Waals surface area contributed by atoms with Gasteiger partial charge in [0.15, 0.2) is 22.4 Å². The van der Waals surface area contributed by atoms with Crippen LogP contribution < -0.4 is 0 Å². The van der Waals surface area contributed by atoms with Gasteiger partial charge in [0.2, 0.25) is 6.79 Å². The number of likely N-dealkylation sites (N-methyl/N-ethyl adjacent to an activating group) is 1. The highest BCUT2D eigenvalue weighted by Gasteiger charge is 2.54. The fourth-order valence-electron chi connectivity index (χ4n) is 12.7. The summed E-state index contributed by atoms with van der Waals surface area (Å²) in [5.41, 5.74) is -2.64. The Morgan fingerprint density at radius 1 is 0.952 bits per heavy atom. The molecule has 474 valence electrons. The first-order valence-corrected chi connectivity index (χ1v) is 31.0. The van der Waals surface area contributed by atoms with Crippen molar-refractivity contribution in [3.8, 4) is 0 Å². The average molecular weight is 1200 g/mol. The highest BCUT2D eigenvalue weighted by Crippen LogP contribution is 2.42. The summed E-state index contributed by atoms with van der Waals surface area (Å²) in [7, 11) is 3.27. The van der Waals surface area contributed by atoms with Crippen molar-refractivity contribution in [1.82, 2.24) is 19.9 Å². The van der Waals surface area contributed by atoms with Gasteiger partial charge in [0.1, 0.15) is 42.7 Å². The van der Waals surface area contributed by atoms with E-state index >= 15 is 0 Å². The number of cyclic esters (lactones) is 1. The topological polar surface area (TPSA) is 291 Å². The first-order valence-electron chi connectivity index (χ1n) is 29.2. The Kier molecular flexibility index (Phi) is 24.5. The van der Waals surface area contributed by atoms with Gasteiger partial charge in [-0.15, -0.1) is 5.10 Å². The van der Waals surface area contributed by atoms with Crippen LogP contribution in [0.25, 0.3) is 0 Å². The monoisotopic (exact) mass is 1200 g/mol. The first kappa shape index (κ1) is 68.7. The molecule has 1 aromatic carbocycles. The zero-order chi connectivity index (χ0) is 61.4. The number of benzene rings is 1. The van der Waals surface area contributed by atoms with Crippen molar-refractivity contribution in [2.45, 2.75) is 210 Å². The van der Waals surface area contributed by atoms with Crippen molar-refractivity contribution in [3.63, 3.8) is 0 Å². The van der Waals surface area contributed by atoms with Crippen LogP contribution in [0.5, 0.6) is 0 Å². The lowest BCUT2D eigenvalue weighted by atomic mass is 9.73. The Morgan fingerprint density at radius 2 is 1.65 bits per heavy atom. The number of halogens is 1. The molecule has 0 bridgehead atoms. The van der Waals surface area contributed by atoms with Crippen LogP contribution in [0.15, 0.2) is 35.6 Å². The SMILES string of the molecule is CC[C@H]1OC(=O)[C@H](C)[C@@H](O[C@H]2C[C@@](C)(OC)[C@@H](O)[C@H](C)O2)[C@H](C)[C@@H](O[C@@H]2O[C@H](C)C[C@H](N(C)CCc3cn([C@H](CF)[C@H](OC)c4ccc(C5CCS(=O)(=O)C5)cc4)nn3)[C@H]2O)[C@](C)(O)C[C@@H](C)/C(=N\OCOCCOC)[C@H](C)[C@@H](O)[C@]1(C)O. The number of carbonyl (C=O) groups is 1. The summed E-state index contributed by atoms with van der Waals surface area (Å²) in [5.74, 6) is -4.38. The third kappa shape index (κ3) is 16.6. The fourth-order valence-corrected chi connectivity index (χ4v) is 14.5. The van der Waals surface area contributed by atoms with Gasteiger partial charge >= 0.3 is 5.97 Å². The fraction of sp³-hybridized carbons (Fsp3) is 0.828. The van der Waals surface area contributed by atoms with Crippen LogP contribution in [-0.4, -0.2) is 223 Å². The molecule has 1 aromatic heterocycles. The maximum atomic E-state index is 15.0. The number of methoxy groups -OCH3 is 3. The molecule has 0 saturated carbocycles. The van der Waals surface area contributed by atoms with E-state index in [1.54, 1.807) is 61.6 Å². The largest absolute Gasteiger partial charge is 0.459 e. The first-order chi connectivity index (χ1) is 39.1. The summed E-state index contributed by atoms with van der Waals surface area (Å²) in [5, 5.41) is 74.1. The highest BCUT2D eigenvalue weighted by molar-refractivity contribution is 7.91. The van der Waals surface area contributed by atoms with Crippen LogP contribution in [0.1, 0.15) is 136 Å². The molecule has 5 heterocycles. The number of aliphatic hydroxyl groups is 5. The van der Waals surface area contributed by atoms with Crippen LogP contribution in [-0.2, 0) is 68.5 Å². The summed E-state index contributed by atoms with van der Waals surface area (Å²) in [6, 6.07) is 5.97. The zero-order valence-electron chi connectivity index (χ0n) is 51.0. The predicted molar refractivity (Wildman–Crippen MR) is 302 cm³/mol. The standard InChI is InChI=1S/C58H96FN5O18S/c1-15-45-58(10,70)51(66)35(4)47(61-77-32-76-24-23-73-12)33(2)27-56(8,69)53(36(5)49(37(6)54(68)80-45)81-46-28-57(9,75-14)52(67)38(7)79-46)82-55-48(65)43(26-34(3)78-55)63(11)22-20-42-30-64(62-60-42)44(29-59)50(74-13)40-18-16-39(17-19-40)41-21-25-83(71,72)31-41/h16-19,30,33-38,41,43-46,48-53,55,65-67,69-70H,15,20-29,31-32H2,1-14H3/b61-47+/t33-,34-,35+,36+,37-,38+,41?,43+,44-,45-,46+,48-,49+,50-,51-,52+,53-,55+,56-,57-,58-/m1/s1. The van der Waals surface area contributed by atoms with E-state index in [1.165, 1.54) is 32.9 Å². The smallest absolute Gasteiger partial charge is 0.311 e. The molecular formula is C58H96FN5O18S. The molecule has 4 aliphatic rings. The van der Waals surface area contributed by atoms with Gasteiger partial charge in [0.05, 0.1) is 83.8 Å². The quantitative estimate of drug-likeness (QED) is 0.0477. The molecular weight excluding hydrogens is 1110 g/mol. The molecule has 5 N–H and O–H groups in total. The minimum Gasteiger partial charge on any atom is -0.459 e. The molecule has 0 aliphatic carbocycles. The summed E-state index contributed by atoms with van der Waals surface area (Å²) >= 11 is 0. The lowest BCUT2D eigenvalue weighted by molar-refractivity contribution is -0.318. The van der Waals surface area contributed by atoms with E-state index in [2.05, 4.69) is 15.5 Å². The second-order valence-corrected chi connectivity index (χ2v) is 26.6. The molecule has 4 aliphatic heterocycles. The molecule has 21 atom stereocenters. The van der Waals surface area contributed by atoms with Gasteiger partial charge in [-0.3, -0.25) is 4.79 Å². The minimum absolute atomic E-state index is 0.0357. The van der Waals surface area contributed by atoms with E-state index in [4.69, 9.17) is 47.5 Å². The van der Waals surface area contributed by atoms with Crippen LogP contribution in [0, 0.1) is 23.7 Å². The Labute approximate surface area is 489 Å². The van der Waals surface area contributed by atoms with Crippen LogP contribution >= 0.6 is 0 Å². The summed E-state index contributed by atoms with van der Waals surface area (Å²) < 4.78 is 95.6. The summed E-state index contributed by atoms with van der Waals surface area (Å²) in [6.07, 6.45) is -9.10. The van der Waals surface area contributed by atoms with E-state index in [0.29, 0.717) is 43.7 Å². The van der Waals surface area contributed by atoms with Gasteiger partial charge in [-0.1, -0.05) is 62.3 Å². The molecule has 0 spiro atoms. The molecule has 4 saturated heterocycles. The maximum absolute atomic E-state index is 15.0. The normalized spacial score (nSPS) is 38.9. The number of oxime groups is 1. The molecule has 0 radical (unpaired) electrons. The highest BCUT2D eigenvalue weighted by atomic mass is 32.2. The van der Waals surface area contributed by atoms with Gasteiger partial charge in [-0.25, -0.2) is 17.5 Å². The van der Waals surface area contributed by atoms with Gasteiger partial charge in [-0.2, -0.15) is 0 Å². The molecule has 6 rings (SSSR count). The molecule has 1 unspecified atom stereocenters. The third-order valence-electron chi connectivity index (χ3n) is 17.8. The van der Waals surface area contributed by atoms with E-state index in [0.717, 1.165) is 5.56 Å². The van der Waals surface area contributed by atoms with Crippen LogP contribution in [0.3, 0.4) is 0 Å². The lowest BCUT2D eigenvalue weighted by Gasteiger charge is -2.49. The van der Waals surface area contributed by atoms with Crippen LogP contribution in [0.4, 0.5) is 4.39 Å². The Bertz CT molecular complexity index is 2490. The average Bonchev–Trinajstić information content (AvgIpc) is 4.11. The molecule has 83 heavy (non-hydrogen) atoms. The summed E-state index contributed by atoms with van der Waals surface area (Å²) in [6.45, 7) is 16.5. The van der Waals surface area contributed by atoms with E-state index in [-0.39, 0.29) is 55.8 Å². The number of aromatic nitrogens is 3. The lowest BCUT2D eigenvalue weighted by Crippen LogP contribution is -2.61. The van der Waals surface area contributed by atoms with Crippen molar-refractivity contribution in [3.05, 3.63) is 47.3 Å². The zero-order valence-corrected chi connectivity index (χ0v) is 51.9. The number of carbonyl (C=O) groups excluding carboxylic acids is 1. The Balaban J connectivity index is 1.29. The predicted octanol–water partition coefficient (Wildman–Crippen LogP) is 4.21. The van der Waals surface area contributed by atoms with Crippen molar-refractivity contribution in [1.29, 1.82) is 0 Å². The Hall–Kier alpha value is -3.38. The van der Waals surface area contributed by atoms with E-state index < -0.39 is 143 Å². The molecule has 2 aromatic rings. The number of alkyl halides is 1. The van der Waals surface area contributed by atoms with Crippen LogP contribution in [0.2, 0.25) is 0 Å². The van der Waals surface area contributed by atoms with Crippen molar-refractivity contribution >= 4 is 21.5 Å². The Morgan fingerprint density at radius 3 is 2.27 bits per heavy atom. The van der Waals surface area contributed by atoms with E-state index in [1.807, 2.05) is 43.1 Å². The minimum atomic E-state index is -3.07. The maximum Gasteiger partial charge on any atom is 0.311 e. The van der Waals surface area contributed by atoms with Gasteiger partial charge in [-0.05, 0) is 91.3 Å². The molecule has 0 amide bonds. The number of sulfone groups is 1. The number of esters is 1. The number of hydrogen-bond acceptors (Lipinski definition) is 22. The number of hydrogen-bond donors (Lipinski definition) is 5. The number of rotatable bonds is 22. The number of nitrogens with zero attached hydrogens (tertiary/aromatic N) is 5. The van der Waals surface area contributed by atoms with Gasteiger partial charge in [0.25, 0.3) is 0 Å². The van der Waals surface area contributed by atoms with E-state index in [9.17, 15) is 43.1 Å². The number of ether oxygens (including phenoxy) is 9. The third-order valence-corrected chi connectivity index (χ3v) is 19.6. The molecule has 4 fully saturated rings. The second-order valence-electron chi connectivity index (χ2n) is 24.3. The molecule has 25 heteroatoms. The number of aliphatic hydroxyl groups excluding tert-OH is 3. The van der Waals surface area contributed by atoms with Crippen molar-refractivity contribution in [2.24, 2.45) is 28.8 Å². The van der Waals surface area contributed by atoms with Crippen molar-refractivity contribution in [2.75, 3.05) is 73.1 Å². The molecule has 23 nitrogen and oxygen atoms in total. The van der Waals surface area contributed by atoms with Gasteiger partial charge < -0.3 is 77.9 Å². The second kappa shape index (κ2) is 29.5. The van der Waals surface area contributed by atoms with Crippen molar-refractivity contribution < 1.29 is 90.6 Å².